The first-order valence-corrected chi connectivity index (χ1v) is 7.32. The molecular formula is C10H10Cl2FNO4S. The number of carboxylic acid groups (broad SMARTS) is 1. The summed E-state index contributed by atoms with van der Waals surface area (Å²) >= 11 is 11.4. The molecule has 0 saturated carbocycles. The van der Waals surface area contributed by atoms with E-state index in [1.54, 1.807) is 0 Å². The zero-order valence-corrected chi connectivity index (χ0v) is 11.8. The summed E-state index contributed by atoms with van der Waals surface area (Å²) in [4.78, 5) is 10.5. The Balaban J connectivity index is 3.21. The Hall–Kier alpha value is -0.890. The SMILES string of the molecule is O=C(O)c1c(Cl)ccc(S(=O)(=O)NCCCF)c1Cl. The molecule has 106 valence electrons. The maximum Gasteiger partial charge on any atom is 0.338 e. The lowest BCUT2D eigenvalue weighted by atomic mass is 10.2. The molecule has 0 amide bonds. The summed E-state index contributed by atoms with van der Waals surface area (Å²) in [5.74, 6) is -1.43. The highest BCUT2D eigenvalue weighted by atomic mass is 35.5. The van der Waals surface area contributed by atoms with Gasteiger partial charge in [0, 0.05) is 6.54 Å². The monoisotopic (exact) mass is 329 g/mol. The number of halogens is 3. The summed E-state index contributed by atoms with van der Waals surface area (Å²) in [6.07, 6.45) is 0.0101. The standard InChI is InChI=1S/C10H10Cl2FNO4S/c11-6-2-3-7(9(12)8(6)10(15)16)19(17,18)14-5-1-4-13/h2-3,14H,1,4-5H2,(H,15,16). The quantitative estimate of drug-likeness (QED) is 0.784. The molecule has 1 aromatic rings. The molecule has 0 fully saturated rings. The van der Waals surface area contributed by atoms with Gasteiger partial charge < -0.3 is 5.11 Å². The first-order valence-electron chi connectivity index (χ1n) is 5.08. The highest BCUT2D eigenvalue weighted by Crippen LogP contribution is 2.30. The van der Waals surface area contributed by atoms with Crippen LogP contribution >= 0.6 is 23.2 Å². The zero-order valence-electron chi connectivity index (χ0n) is 9.49. The Morgan fingerprint density at radius 2 is 2.00 bits per heavy atom. The third-order valence-corrected chi connectivity index (χ3v) is 4.48. The lowest BCUT2D eigenvalue weighted by molar-refractivity contribution is 0.0697. The van der Waals surface area contributed by atoms with Gasteiger partial charge in [0.2, 0.25) is 10.0 Å². The van der Waals surface area contributed by atoms with E-state index in [0.717, 1.165) is 12.1 Å². The van der Waals surface area contributed by atoms with Crippen LogP contribution in [0.25, 0.3) is 0 Å². The van der Waals surface area contributed by atoms with E-state index in [2.05, 4.69) is 4.72 Å². The summed E-state index contributed by atoms with van der Waals surface area (Å²) in [5, 5.41) is 8.27. The molecule has 0 saturated heterocycles. The molecule has 2 N–H and O–H groups in total. The number of carboxylic acids is 1. The van der Waals surface area contributed by atoms with E-state index in [-0.39, 0.29) is 18.0 Å². The molecule has 0 atom stereocenters. The van der Waals surface area contributed by atoms with E-state index >= 15 is 0 Å². The fourth-order valence-electron chi connectivity index (χ4n) is 1.29. The minimum absolute atomic E-state index is 0.0101. The van der Waals surface area contributed by atoms with Crippen molar-refractivity contribution in [3.05, 3.63) is 27.7 Å². The number of benzene rings is 1. The van der Waals surface area contributed by atoms with Crippen LogP contribution in [0, 0.1) is 0 Å². The van der Waals surface area contributed by atoms with Crippen molar-refractivity contribution in [2.75, 3.05) is 13.2 Å². The molecule has 19 heavy (non-hydrogen) atoms. The van der Waals surface area contributed by atoms with E-state index in [1.807, 2.05) is 0 Å². The van der Waals surface area contributed by atoms with E-state index in [1.165, 1.54) is 0 Å². The normalized spacial score (nSPS) is 11.5. The van der Waals surface area contributed by atoms with Crippen molar-refractivity contribution in [3.8, 4) is 0 Å². The third kappa shape index (κ3) is 3.79. The van der Waals surface area contributed by atoms with Crippen LogP contribution in [-0.4, -0.2) is 32.7 Å². The van der Waals surface area contributed by atoms with Crippen LogP contribution in [-0.2, 0) is 10.0 Å². The van der Waals surface area contributed by atoms with Crippen LogP contribution in [0.4, 0.5) is 4.39 Å². The maximum atomic E-state index is 11.9. The van der Waals surface area contributed by atoms with Gasteiger partial charge in [0.05, 0.1) is 22.3 Å². The van der Waals surface area contributed by atoms with Crippen LogP contribution in [0.2, 0.25) is 10.0 Å². The van der Waals surface area contributed by atoms with Gasteiger partial charge in [-0.05, 0) is 18.6 Å². The van der Waals surface area contributed by atoms with Crippen LogP contribution in [0.3, 0.4) is 0 Å². The second-order valence-corrected chi connectivity index (χ2v) is 6.00. The van der Waals surface area contributed by atoms with E-state index < -0.39 is 38.1 Å². The van der Waals surface area contributed by atoms with Gasteiger partial charge in [-0.1, -0.05) is 23.2 Å². The van der Waals surface area contributed by atoms with Crippen molar-refractivity contribution < 1.29 is 22.7 Å². The summed E-state index contributed by atoms with van der Waals surface area (Å²) in [5.41, 5.74) is -0.489. The number of hydrogen-bond donors (Lipinski definition) is 2. The van der Waals surface area contributed by atoms with E-state index in [9.17, 15) is 17.6 Å². The van der Waals surface area contributed by atoms with Gasteiger partial charge in [0.15, 0.2) is 0 Å². The molecule has 9 heteroatoms. The summed E-state index contributed by atoms with van der Waals surface area (Å²) in [6, 6.07) is 2.22. The molecule has 0 bridgehead atoms. The predicted molar refractivity (Wildman–Crippen MR) is 69.2 cm³/mol. The molecule has 0 aromatic heterocycles. The molecular weight excluding hydrogens is 320 g/mol. The number of nitrogens with one attached hydrogen (secondary N) is 1. The Labute approximate surface area is 119 Å². The second kappa shape index (κ2) is 6.51. The van der Waals surface area contributed by atoms with Crippen molar-refractivity contribution in [1.82, 2.24) is 4.72 Å². The number of hydrogen-bond acceptors (Lipinski definition) is 3. The second-order valence-electron chi connectivity index (χ2n) is 3.48. The van der Waals surface area contributed by atoms with Gasteiger partial charge in [-0.15, -0.1) is 0 Å². The van der Waals surface area contributed by atoms with E-state index in [4.69, 9.17) is 28.3 Å². The first-order chi connectivity index (χ1) is 8.81. The van der Waals surface area contributed by atoms with Gasteiger partial charge in [0.25, 0.3) is 0 Å². The molecule has 0 radical (unpaired) electrons. The van der Waals surface area contributed by atoms with Crippen molar-refractivity contribution >= 4 is 39.2 Å². The van der Waals surface area contributed by atoms with Gasteiger partial charge in [-0.3, -0.25) is 4.39 Å². The molecule has 0 spiro atoms. The van der Waals surface area contributed by atoms with E-state index in [0.29, 0.717) is 0 Å². The molecule has 0 aliphatic heterocycles. The summed E-state index contributed by atoms with van der Waals surface area (Å²) in [6.45, 7) is -0.780. The number of alkyl halides is 1. The molecule has 1 aromatic carbocycles. The Morgan fingerprint density at radius 1 is 1.37 bits per heavy atom. The van der Waals surface area contributed by atoms with Gasteiger partial charge in [-0.25, -0.2) is 17.9 Å². The first kappa shape index (κ1) is 16.2. The maximum absolute atomic E-state index is 11.9. The lowest BCUT2D eigenvalue weighted by Crippen LogP contribution is -2.25. The average molecular weight is 330 g/mol. The minimum Gasteiger partial charge on any atom is -0.478 e. The topological polar surface area (TPSA) is 83.5 Å². The molecule has 1 rings (SSSR count). The van der Waals surface area contributed by atoms with Gasteiger partial charge >= 0.3 is 5.97 Å². The fraction of sp³-hybridized carbons (Fsp3) is 0.300. The van der Waals surface area contributed by atoms with Crippen molar-refractivity contribution in [3.63, 3.8) is 0 Å². The van der Waals surface area contributed by atoms with Gasteiger partial charge in [0.1, 0.15) is 4.90 Å². The highest BCUT2D eigenvalue weighted by Gasteiger charge is 2.24. The lowest BCUT2D eigenvalue weighted by Gasteiger charge is -2.10. The zero-order chi connectivity index (χ0) is 14.6. The minimum atomic E-state index is -4.01. The number of rotatable bonds is 6. The van der Waals surface area contributed by atoms with Crippen LogP contribution < -0.4 is 4.72 Å². The smallest absolute Gasteiger partial charge is 0.338 e. The number of carbonyl (C=O) groups is 1. The highest BCUT2D eigenvalue weighted by molar-refractivity contribution is 7.89. The predicted octanol–water partition coefficient (Wildman–Crippen LogP) is 2.33. The van der Waals surface area contributed by atoms with Crippen molar-refractivity contribution in [2.24, 2.45) is 0 Å². The third-order valence-electron chi connectivity index (χ3n) is 2.16. The molecule has 5 nitrogen and oxygen atoms in total. The largest absolute Gasteiger partial charge is 0.478 e. The number of sulfonamides is 1. The average Bonchev–Trinajstić information content (AvgIpc) is 2.28. The molecule has 0 heterocycles. The summed E-state index contributed by atoms with van der Waals surface area (Å²) < 4.78 is 37.8. The Bertz CT molecular complexity index is 591. The van der Waals surface area contributed by atoms with Crippen LogP contribution in [0.5, 0.6) is 0 Å². The van der Waals surface area contributed by atoms with Crippen LogP contribution in [0.1, 0.15) is 16.8 Å². The van der Waals surface area contributed by atoms with Crippen molar-refractivity contribution in [1.29, 1.82) is 0 Å². The Morgan fingerprint density at radius 3 is 2.53 bits per heavy atom. The van der Waals surface area contributed by atoms with Crippen molar-refractivity contribution in [2.45, 2.75) is 11.3 Å². The molecule has 0 aliphatic carbocycles. The Kier molecular flexibility index (Phi) is 5.54. The molecule has 0 unspecified atom stereocenters. The molecule has 0 aliphatic rings. The fourth-order valence-corrected chi connectivity index (χ4v) is 3.28. The van der Waals surface area contributed by atoms with Crippen LogP contribution in [0.15, 0.2) is 17.0 Å². The van der Waals surface area contributed by atoms with Gasteiger partial charge in [-0.2, -0.15) is 0 Å². The number of aromatic carboxylic acids is 1. The summed E-state index contributed by atoms with van der Waals surface area (Å²) in [7, 11) is -4.01.